The Morgan fingerprint density at radius 3 is 2.40 bits per heavy atom. The zero-order chi connectivity index (χ0) is 15.1. The minimum atomic E-state index is -1.10. The van der Waals surface area contributed by atoms with Gasteiger partial charge in [-0.1, -0.05) is 6.92 Å². The van der Waals surface area contributed by atoms with Gasteiger partial charge in [-0.15, -0.1) is 0 Å². The van der Waals surface area contributed by atoms with E-state index < -0.39 is 23.5 Å². The van der Waals surface area contributed by atoms with Crippen LogP contribution in [0.1, 0.15) is 13.3 Å². The SMILES string of the molecule is CCCN(CC(=O)O)C(=O)Nc1ccc([N+](=O)[O-])cc1. The third-order valence-electron chi connectivity index (χ3n) is 2.44. The molecule has 0 aliphatic heterocycles. The predicted molar refractivity (Wildman–Crippen MR) is 71.6 cm³/mol. The molecule has 0 bridgehead atoms. The van der Waals surface area contributed by atoms with Gasteiger partial charge in [0.2, 0.25) is 0 Å². The van der Waals surface area contributed by atoms with E-state index in [0.717, 1.165) is 4.90 Å². The fourth-order valence-electron chi connectivity index (χ4n) is 1.55. The number of carbonyl (C=O) groups is 2. The molecule has 2 amide bonds. The maximum atomic E-state index is 11.9. The molecule has 108 valence electrons. The van der Waals surface area contributed by atoms with Crippen molar-refractivity contribution >= 4 is 23.4 Å². The molecule has 1 aromatic rings. The maximum absolute atomic E-state index is 11.9. The Bertz CT molecular complexity index is 500. The van der Waals surface area contributed by atoms with Crippen LogP contribution in [0.2, 0.25) is 0 Å². The molecule has 20 heavy (non-hydrogen) atoms. The van der Waals surface area contributed by atoms with E-state index in [9.17, 15) is 19.7 Å². The van der Waals surface area contributed by atoms with Gasteiger partial charge in [-0.25, -0.2) is 4.79 Å². The Hall–Kier alpha value is -2.64. The third kappa shape index (κ3) is 4.56. The Morgan fingerprint density at radius 1 is 1.35 bits per heavy atom. The number of carboxylic acid groups (broad SMARTS) is 1. The Kier molecular flexibility index (Phi) is 5.45. The van der Waals surface area contributed by atoms with Gasteiger partial charge in [0.25, 0.3) is 5.69 Å². The summed E-state index contributed by atoms with van der Waals surface area (Å²) in [4.78, 5) is 33.6. The zero-order valence-corrected chi connectivity index (χ0v) is 10.9. The second-order valence-electron chi connectivity index (χ2n) is 4.05. The number of hydrogen-bond acceptors (Lipinski definition) is 4. The van der Waals surface area contributed by atoms with Crippen LogP contribution in [0.4, 0.5) is 16.2 Å². The first-order valence-corrected chi connectivity index (χ1v) is 5.96. The summed E-state index contributed by atoms with van der Waals surface area (Å²) in [5.74, 6) is -1.10. The van der Waals surface area contributed by atoms with E-state index in [-0.39, 0.29) is 5.69 Å². The van der Waals surface area contributed by atoms with Gasteiger partial charge in [0, 0.05) is 24.4 Å². The molecule has 0 heterocycles. The molecular weight excluding hydrogens is 266 g/mol. The number of aliphatic carboxylic acids is 1. The average Bonchev–Trinajstić information content (AvgIpc) is 2.38. The number of nitrogens with zero attached hydrogens (tertiary/aromatic N) is 2. The van der Waals surface area contributed by atoms with Crippen molar-refractivity contribution in [3.05, 3.63) is 34.4 Å². The smallest absolute Gasteiger partial charge is 0.323 e. The summed E-state index contributed by atoms with van der Waals surface area (Å²) in [6, 6.07) is 4.75. The molecule has 0 aliphatic carbocycles. The van der Waals surface area contributed by atoms with Crippen LogP contribution < -0.4 is 5.32 Å². The Labute approximate surface area is 115 Å². The average molecular weight is 281 g/mol. The van der Waals surface area contributed by atoms with Crippen molar-refractivity contribution < 1.29 is 19.6 Å². The molecule has 1 aromatic carbocycles. The van der Waals surface area contributed by atoms with Gasteiger partial charge in [-0.3, -0.25) is 14.9 Å². The summed E-state index contributed by atoms with van der Waals surface area (Å²) >= 11 is 0. The number of nitro groups is 1. The molecule has 0 saturated heterocycles. The van der Waals surface area contributed by atoms with Gasteiger partial charge in [0.15, 0.2) is 0 Å². The summed E-state index contributed by atoms with van der Waals surface area (Å²) in [6.45, 7) is 1.74. The van der Waals surface area contributed by atoms with Crippen molar-refractivity contribution in [1.29, 1.82) is 0 Å². The molecule has 0 radical (unpaired) electrons. The van der Waals surface area contributed by atoms with E-state index >= 15 is 0 Å². The number of carbonyl (C=O) groups excluding carboxylic acids is 1. The Balaban J connectivity index is 2.71. The first-order chi connectivity index (χ1) is 9.43. The van der Waals surface area contributed by atoms with Crippen LogP contribution in [0, 0.1) is 10.1 Å². The first-order valence-electron chi connectivity index (χ1n) is 5.96. The summed E-state index contributed by atoms with van der Waals surface area (Å²) in [6.07, 6.45) is 0.626. The van der Waals surface area contributed by atoms with E-state index in [4.69, 9.17) is 5.11 Å². The van der Waals surface area contributed by atoms with Gasteiger partial charge >= 0.3 is 12.0 Å². The lowest BCUT2D eigenvalue weighted by molar-refractivity contribution is -0.384. The van der Waals surface area contributed by atoms with E-state index in [1.54, 1.807) is 0 Å². The van der Waals surface area contributed by atoms with E-state index in [2.05, 4.69) is 5.32 Å². The number of hydrogen-bond donors (Lipinski definition) is 2. The highest BCUT2D eigenvalue weighted by Gasteiger charge is 2.16. The predicted octanol–water partition coefficient (Wildman–Crippen LogP) is 1.92. The lowest BCUT2D eigenvalue weighted by atomic mass is 10.3. The fraction of sp³-hybridized carbons (Fsp3) is 0.333. The lowest BCUT2D eigenvalue weighted by Gasteiger charge is -2.20. The molecule has 0 unspecified atom stereocenters. The number of non-ortho nitro benzene ring substituents is 1. The van der Waals surface area contributed by atoms with Crippen molar-refractivity contribution in [2.75, 3.05) is 18.4 Å². The largest absolute Gasteiger partial charge is 0.480 e. The van der Waals surface area contributed by atoms with E-state index in [1.165, 1.54) is 24.3 Å². The second kappa shape index (κ2) is 7.07. The van der Waals surface area contributed by atoms with Crippen molar-refractivity contribution in [2.45, 2.75) is 13.3 Å². The van der Waals surface area contributed by atoms with Gasteiger partial charge < -0.3 is 15.3 Å². The monoisotopic (exact) mass is 281 g/mol. The van der Waals surface area contributed by atoms with Crippen molar-refractivity contribution in [3.8, 4) is 0 Å². The van der Waals surface area contributed by atoms with Gasteiger partial charge in [-0.05, 0) is 18.6 Å². The number of nitro benzene ring substituents is 1. The van der Waals surface area contributed by atoms with Gasteiger partial charge in [0.1, 0.15) is 6.54 Å². The van der Waals surface area contributed by atoms with Crippen LogP contribution in [0.25, 0.3) is 0 Å². The topological polar surface area (TPSA) is 113 Å². The van der Waals surface area contributed by atoms with Crippen LogP contribution in [-0.2, 0) is 4.79 Å². The number of benzene rings is 1. The van der Waals surface area contributed by atoms with E-state index in [0.29, 0.717) is 18.7 Å². The van der Waals surface area contributed by atoms with Crippen molar-refractivity contribution in [3.63, 3.8) is 0 Å². The maximum Gasteiger partial charge on any atom is 0.323 e. The minimum Gasteiger partial charge on any atom is -0.480 e. The molecule has 0 spiro atoms. The standard InChI is InChI=1S/C12H15N3O5/c1-2-7-14(8-11(16)17)12(18)13-9-3-5-10(6-4-9)15(19)20/h3-6H,2,7-8H2,1H3,(H,13,18)(H,16,17). The Morgan fingerprint density at radius 2 is 1.95 bits per heavy atom. The molecule has 0 aromatic heterocycles. The normalized spacial score (nSPS) is 9.85. The van der Waals surface area contributed by atoms with Crippen molar-refractivity contribution in [2.24, 2.45) is 0 Å². The number of amides is 2. The molecule has 0 aliphatic rings. The molecule has 0 saturated carbocycles. The van der Waals surface area contributed by atoms with Crippen LogP contribution in [0.15, 0.2) is 24.3 Å². The summed E-state index contributed by atoms with van der Waals surface area (Å²) in [5, 5.41) is 21.7. The van der Waals surface area contributed by atoms with Crippen LogP contribution in [-0.4, -0.2) is 40.0 Å². The highest BCUT2D eigenvalue weighted by atomic mass is 16.6. The van der Waals surface area contributed by atoms with Crippen LogP contribution in [0.5, 0.6) is 0 Å². The molecule has 0 atom stereocenters. The molecule has 8 nitrogen and oxygen atoms in total. The number of urea groups is 1. The molecule has 1 rings (SSSR count). The number of nitrogens with one attached hydrogen (secondary N) is 1. The fourth-order valence-corrected chi connectivity index (χ4v) is 1.55. The minimum absolute atomic E-state index is 0.0843. The number of rotatable bonds is 6. The highest BCUT2D eigenvalue weighted by Crippen LogP contribution is 2.15. The quantitative estimate of drug-likeness (QED) is 0.611. The number of carboxylic acids is 1. The first kappa shape index (κ1) is 15.4. The summed E-state index contributed by atoms with van der Waals surface area (Å²) < 4.78 is 0. The summed E-state index contributed by atoms with van der Waals surface area (Å²) in [7, 11) is 0. The second-order valence-corrected chi connectivity index (χ2v) is 4.05. The zero-order valence-electron chi connectivity index (χ0n) is 10.9. The third-order valence-corrected chi connectivity index (χ3v) is 2.44. The van der Waals surface area contributed by atoms with Crippen molar-refractivity contribution in [1.82, 2.24) is 4.90 Å². The molecule has 0 fully saturated rings. The van der Waals surface area contributed by atoms with Crippen LogP contribution in [0.3, 0.4) is 0 Å². The number of anilines is 1. The van der Waals surface area contributed by atoms with Gasteiger partial charge in [0.05, 0.1) is 4.92 Å². The lowest BCUT2D eigenvalue weighted by Crippen LogP contribution is -2.39. The van der Waals surface area contributed by atoms with Crippen LogP contribution >= 0.6 is 0 Å². The highest BCUT2D eigenvalue weighted by molar-refractivity contribution is 5.91. The molecular formula is C12H15N3O5. The van der Waals surface area contributed by atoms with Gasteiger partial charge in [-0.2, -0.15) is 0 Å². The summed E-state index contributed by atoms with van der Waals surface area (Å²) in [5.41, 5.74) is 0.283. The molecule has 2 N–H and O–H groups in total. The van der Waals surface area contributed by atoms with E-state index in [1.807, 2.05) is 6.92 Å². The molecule has 8 heteroatoms.